The van der Waals surface area contributed by atoms with Crippen LogP contribution in [0.3, 0.4) is 0 Å². The van der Waals surface area contributed by atoms with Crippen LogP contribution in [0, 0.1) is 0 Å². The average molecular weight is 395 g/mol. The lowest BCUT2D eigenvalue weighted by molar-refractivity contribution is -0.120. The molecule has 0 aliphatic rings. The van der Waals surface area contributed by atoms with Crippen LogP contribution in [0.5, 0.6) is 0 Å². The number of carbonyl (C=O) groups is 1. The van der Waals surface area contributed by atoms with Crippen molar-refractivity contribution in [1.82, 2.24) is 19.9 Å². The van der Waals surface area contributed by atoms with Gasteiger partial charge >= 0.3 is 0 Å². The Kier molecular flexibility index (Phi) is 5.51. The van der Waals surface area contributed by atoms with E-state index in [0.717, 1.165) is 11.2 Å². The number of thioether (sulfide) groups is 1. The van der Waals surface area contributed by atoms with Crippen molar-refractivity contribution >= 4 is 46.5 Å². The summed E-state index contributed by atoms with van der Waals surface area (Å²) in [6.07, 6.45) is 1.87. The van der Waals surface area contributed by atoms with Gasteiger partial charge in [-0.3, -0.25) is 9.20 Å². The van der Waals surface area contributed by atoms with Crippen molar-refractivity contribution in [2.75, 3.05) is 0 Å². The van der Waals surface area contributed by atoms with E-state index in [0.29, 0.717) is 15.2 Å². The minimum atomic E-state index is -0.332. The Morgan fingerprint density at radius 1 is 1.20 bits per heavy atom. The second kappa shape index (κ2) is 7.64. The fourth-order valence-corrected chi connectivity index (χ4v) is 3.79. The topological polar surface area (TPSA) is 59.3 Å². The molecule has 0 spiro atoms. The minimum absolute atomic E-state index is 0.101. The van der Waals surface area contributed by atoms with E-state index in [2.05, 4.69) is 15.5 Å². The first-order valence-electron chi connectivity index (χ1n) is 7.67. The Morgan fingerprint density at radius 3 is 2.76 bits per heavy atom. The Labute approximate surface area is 159 Å². The Hall–Kier alpha value is -1.76. The molecule has 0 fully saturated rings. The number of carbonyl (C=O) groups excluding carboxylic acids is 1. The Balaban J connectivity index is 1.68. The molecule has 0 saturated carbocycles. The van der Waals surface area contributed by atoms with Crippen LogP contribution in [-0.4, -0.2) is 25.8 Å². The predicted octanol–water partition coefficient (Wildman–Crippen LogP) is 4.39. The average Bonchev–Trinajstić information content (AvgIpc) is 2.97. The second-order valence-corrected chi connectivity index (χ2v) is 7.72. The van der Waals surface area contributed by atoms with Gasteiger partial charge in [0.05, 0.1) is 11.3 Å². The van der Waals surface area contributed by atoms with Gasteiger partial charge in [0.2, 0.25) is 5.91 Å². The molecule has 2 heterocycles. The van der Waals surface area contributed by atoms with Crippen molar-refractivity contribution in [3.8, 4) is 0 Å². The summed E-state index contributed by atoms with van der Waals surface area (Å²) in [7, 11) is 0. The quantitative estimate of drug-likeness (QED) is 0.651. The third kappa shape index (κ3) is 4.08. The van der Waals surface area contributed by atoms with Crippen LogP contribution < -0.4 is 5.32 Å². The molecule has 0 aliphatic heterocycles. The van der Waals surface area contributed by atoms with E-state index in [4.69, 9.17) is 23.2 Å². The third-order valence-corrected chi connectivity index (χ3v) is 5.34. The molecule has 0 aliphatic carbocycles. The lowest BCUT2D eigenvalue weighted by Gasteiger charge is -2.18. The minimum Gasteiger partial charge on any atom is -0.349 e. The summed E-state index contributed by atoms with van der Waals surface area (Å²) in [6.45, 7) is 3.72. The molecule has 1 aromatic carbocycles. The molecule has 0 unspecified atom stereocenters. The Morgan fingerprint density at radius 2 is 2.00 bits per heavy atom. The fraction of sp³-hybridized carbons (Fsp3) is 0.235. The maximum Gasteiger partial charge on any atom is 0.233 e. The van der Waals surface area contributed by atoms with E-state index in [1.165, 1.54) is 11.8 Å². The number of halogens is 2. The van der Waals surface area contributed by atoms with Gasteiger partial charge in [0.25, 0.3) is 0 Å². The van der Waals surface area contributed by atoms with Crippen molar-refractivity contribution in [3.63, 3.8) is 0 Å². The number of benzene rings is 1. The number of hydrogen-bond donors (Lipinski definition) is 1. The van der Waals surface area contributed by atoms with Gasteiger partial charge in [-0.2, -0.15) is 0 Å². The van der Waals surface area contributed by atoms with Gasteiger partial charge in [0.15, 0.2) is 10.8 Å². The number of rotatable bonds is 5. The largest absolute Gasteiger partial charge is 0.349 e. The molecular weight excluding hydrogens is 379 g/mol. The predicted molar refractivity (Wildman–Crippen MR) is 101 cm³/mol. The molecule has 0 bridgehead atoms. The molecule has 1 N–H and O–H groups in total. The standard InChI is InChI=1S/C17H16Cl2N4OS/c1-10(13-7-6-12(18)9-14(13)19)20-16(24)11(2)25-17-22-21-15-5-3-4-8-23(15)17/h3-11H,1-2H3,(H,20,24)/t10-,11+/m1/s1. The molecule has 2 aromatic heterocycles. The van der Waals surface area contributed by atoms with E-state index in [9.17, 15) is 4.79 Å². The molecule has 2 atom stereocenters. The lowest BCUT2D eigenvalue weighted by Crippen LogP contribution is -2.33. The number of nitrogens with zero attached hydrogens (tertiary/aromatic N) is 3. The van der Waals surface area contributed by atoms with Gasteiger partial charge in [-0.05, 0) is 43.7 Å². The second-order valence-electron chi connectivity index (χ2n) is 5.57. The van der Waals surface area contributed by atoms with Crippen molar-refractivity contribution in [3.05, 3.63) is 58.2 Å². The number of aromatic nitrogens is 3. The third-order valence-electron chi connectivity index (χ3n) is 3.72. The SMILES string of the molecule is C[C@H](Sc1nnc2ccccn12)C(=O)N[C@H](C)c1ccc(Cl)cc1Cl. The summed E-state index contributed by atoms with van der Waals surface area (Å²) in [5.74, 6) is -0.101. The van der Waals surface area contributed by atoms with Crippen LogP contribution >= 0.6 is 35.0 Å². The number of nitrogens with one attached hydrogen (secondary N) is 1. The van der Waals surface area contributed by atoms with E-state index >= 15 is 0 Å². The molecule has 3 aromatic rings. The first-order chi connectivity index (χ1) is 12.0. The highest BCUT2D eigenvalue weighted by Gasteiger charge is 2.20. The molecule has 25 heavy (non-hydrogen) atoms. The van der Waals surface area contributed by atoms with Crippen LogP contribution in [0.4, 0.5) is 0 Å². The molecule has 5 nitrogen and oxygen atoms in total. The molecule has 1 amide bonds. The van der Waals surface area contributed by atoms with Crippen LogP contribution in [0.2, 0.25) is 10.0 Å². The fourth-order valence-electron chi connectivity index (χ4n) is 2.37. The normalized spacial score (nSPS) is 13.6. The summed E-state index contributed by atoms with van der Waals surface area (Å²) in [5, 5.41) is 12.6. The van der Waals surface area contributed by atoms with Gasteiger partial charge in [0, 0.05) is 16.2 Å². The molecular formula is C17H16Cl2N4OS. The van der Waals surface area contributed by atoms with Crippen LogP contribution in [0.25, 0.3) is 5.65 Å². The highest BCUT2D eigenvalue weighted by molar-refractivity contribution is 8.00. The van der Waals surface area contributed by atoms with E-state index in [1.54, 1.807) is 12.1 Å². The van der Waals surface area contributed by atoms with Crippen LogP contribution in [0.1, 0.15) is 25.5 Å². The zero-order valence-corrected chi connectivity index (χ0v) is 15.9. The molecule has 8 heteroatoms. The van der Waals surface area contributed by atoms with Gasteiger partial charge < -0.3 is 5.32 Å². The van der Waals surface area contributed by atoms with Crippen molar-refractivity contribution < 1.29 is 4.79 Å². The van der Waals surface area contributed by atoms with Gasteiger partial charge in [-0.25, -0.2) is 0 Å². The zero-order chi connectivity index (χ0) is 18.0. The van der Waals surface area contributed by atoms with Crippen LogP contribution in [-0.2, 0) is 4.79 Å². The van der Waals surface area contributed by atoms with Crippen molar-refractivity contribution in [2.45, 2.75) is 30.3 Å². The smallest absolute Gasteiger partial charge is 0.233 e. The first kappa shape index (κ1) is 18.0. The highest BCUT2D eigenvalue weighted by Crippen LogP contribution is 2.27. The summed E-state index contributed by atoms with van der Waals surface area (Å²) < 4.78 is 1.86. The van der Waals surface area contributed by atoms with Gasteiger partial charge in [0.1, 0.15) is 0 Å². The van der Waals surface area contributed by atoms with E-state index < -0.39 is 0 Å². The number of pyridine rings is 1. The zero-order valence-electron chi connectivity index (χ0n) is 13.6. The molecule has 130 valence electrons. The van der Waals surface area contributed by atoms with Crippen molar-refractivity contribution in [2.24, 2.45) is 0 Å². The summed E-state index contributed by atoms with van der Waals surface area (Å²) in [4.78, 5) is 12.5. The molecule has 0 saturated heterocycles. The van der Waals surface area contributed by atoms with Crippen molar-refractivity contribution in [1.29, 1.82) is 0 Å². The van der Waals surface area contributed by atoms with Gasteiger partial charge in [-0.15, -0.1) is 10.2 Å². The number of amides is 1. The van der Waals surface area contributed by atoms with Gasteiger partial charge in [-0.1, -0.05) is 47.1 Å². The Bertz CT molecular complexity index is 915. The molecule has 0 radical (unpaired) electrons. The van der Waals surface area contributed by atoms with Crippen LogP contribution in [0.15, 0.2) is 47.8 Å². The first-order valence-corrected chi connectivity index (χ1v) is 9.31. The number of fused-ring (bicyclic) bond motifs is 1. The van der Waals surface area contributed by atoms with E-state index in [1.807, 2.05) is 48.7 Å². The number of hydrogen-bond acceptors (Lipinski definition) is 4. The maximum atomic E-state index is 12.5. The maximum absolute atomic E-state index is 12.5. The summed E-state index contributed by atoms with van der Waals surface area (Å²) >= 11 is 13.5. The van der Waals surface area contributed by atoms with E-state index in [-0.39, 0.29) is 17.2 Å². The lowest BCUT2D eigenvalue weighted by atomic mass is 10.1. The summed E-state index contributed by atoms with van der Waals surface area (Å²) in [5.41, 5.74) is 1.57. The molecule has 3 rings (SSSR count). The summed E-state index contributed by atoms with van der Waals surface area (Å²) in [6, 6.07) is 10.7. The highest BCUT2D eigenvalue weighted by atomic mass is 35.5. The monoisotopic (exact) mass is 394 g/mol.